The summed E-state index contributed by atoms with van der Waals surface area (Å²) < 4.78 is 13.0. The van der Waals surface area contributed by atoms with E-state index in [0.717, 1.165) is 16.8 Å². The van der Waals surface area contributed by atoms with Crippen LogP contribution in [-0.4, -0.2) is 19.5 Å². The number of rotatable bonds is 5. The normalized spacial score (nSPS) is 10.8. The number of halogens is 3. The molecule has 0 aliphatic rings. The van der Waals surface area contributed by atoms with Crippen molar-refractivity contribution in [3.63, 3.8) is 0 Å². The fraction of sp³-hybridized carbons (Fsp3) is 0.250. The third kappa shape index (κ3) is 4.04. The van der Waals surface area contributed by atoms with Crippen LogP contribution in [-0.2, 0) is 0 Å². The third-order valence-electron chi connectivity index (χ3n) is 3.32. The van der Waals surface area contributed by atoms with Crippen molar-refractivity contribution >= 4 is 61.1 Å². The van der Waals surface area contributed by atoms with Gasteiger partial charge in [-0.15, -0.1) is 0 Å². The van der Waals surface area contributed by atoms with Crippen LogP contribution in [0.15, 0.2) is 36.4 Å². The van der Waals surface area contributed by atoms with Gasteiger partial charge in [0.15, 0.2) is 0 Å². The molecule has 5 heteroatoms. The van der Waals surface area contributed by atoms with Crippen molar-refractivity contribution in [3.05, 3.63) is 54.7 Å². The molecule has 0 unspecified atom stereocenters. The number of ether oxygens (including phenoxy) is 2. The lowest BCUT2D eigenvalue weighted by Crippen LogP contribution is -2.07. The van der Waals surface area contributed by atoms with Crippen LogP contribution >= 0.6 is 61.1 Å². The minimum absolute atomic E-state index is 0.306. The highest BCUT2D eigenvalue weighted by atomic mass is 127. The standard InChI is InChI=1S/C16H15BrI2O2/c1-20-10-3-5-12(15(18)7-10)14(9-17)13-6-4-11(21-2)8-16(13)19/h3-8,14H,9H2,1-2H3. The highest BCUT2D eigenvalue weighted by Gasteiger charge is 2.19. The Labute approximate surface area is 161 Å². The molecule has 0 atom stereocenters. The minimum atomic E-state index is 0.306. The Morgan fingerprint density at radius 2 is 1.33 bits per heavy atom. The van der Waals surface area contributed by atoms with Crippen molar-refractivity contribution in [2.45, 2.75) is 5.92 Å². The number of hydrogen-bond acceptors (Lipinski definition) is 2. The van der Waals surface area contributed by atoms with E-state index in [0.29, 0.717) is 5.92 Å². The Bertz CT molecular complexity index is 578. The predicted molar refractivity (Wildman–Crippen MR) is 107 cm³/mol. The SMILES string of the molecule is COc1ccc(C(CBr)c2ccc(OC)cc2I)c(I)c1. The molecule has 2 nitrogen and oxygen atoms in total. The summed E-state index contributed by atoms with van der Waals surface area (Å²) >= 11 is 8.40. The lowest BCUT2D eigenvalue weighted by Gasteiger charge is -2.19. The number of alkyl halides is 1. The molecule has 0 aromatic heterocycles. The van der Waals surface area contributed by atoms with Crippen LogP contribution in [0.2, 0.25) is 0 Å². The molecule has 0 aliphatic heterocycles. The van der Waals surface area contributed by atoms with Gasteiger partial charge >= 0.3 is 0 Å². The molecule has 0 saturated carbocycles. The summed E-state index contributed by atoms with van der Waals surface area (Å²) in [5.74, 6) is 2.09. The van der Waals surface area contributed by atoms with E-state index < -0.39 is 0 Å². The maximum Gasteiger partial charge on any atom is 0.119 e. The maximum atomic E-state index is 5.29. The molecule has 0 saturated heterocycles. The average Bonchev–Trinajstić information content (AvgIpc) is 2.50. The molecule has 0 radical (unpaired) electrons. The van der Waals surface area contributed by atoms with Gasteiger partial charge in [0.05, 0.1) is 14.2 Å². The predicted octanol–water partition coefficient (Wildman–Crippen LogP) is 5.44. The van der Waals surface area contributed by atoms with E-state index in [1.807, 2.05) is 12.1 Å². The highest BCUT2D eigenvalue weighted by molar-refractivity contribution is 14.1. The second-order valence-corrected chi connectivity index (χ2v) is 7.45. The summed E-state index contributed by atoms with van der Waals surface area (Å²) in [5, 5.41) is 0.873. The van der Waals surface area contributed by atoms with Gasteiger partial charge in [0.1, 0.15) is 11.5 Å². The fourth-order valence-electron chi connectivity index (χ4n) is 2.17. The van der Waals surface area contributed by atoms with Gasteiger partial charge < -0.3 is 9.47 Å². The van der Waals surface area contributed by atoms with Crippen molar-refractivity contribution in [3.8, 4) is 11.5 Å². The molecule has 0 aliphatic carbocycles. The van der Waals surface area contributed by atoms with Gasteiger partial charge in [0.2, 0.25) is 0 Å². The fourth-order valence-corrected chi connectivity index (χ4v) is 4.59. The van der Waals surface area contributed by atoms with Gasteiger partial charge in [-0.3, -0.25) is 0 Å². The van der Waals surface area contributed by atoms with E-state index in [-0.39, 0.29) is 0 Å². The maximum absolute atomic E-state index is 5.29. The number of benzene rings is 2. The van der Waals surface area contributed by atoms with Gasteiger partial charge in [0, 0.05) is 18.4 Å². The lowest BCUT2D eigenvalue weighted by atomic mass is 9.93. The van der Waals surface area contributed by atoms with Gasteiger partial charge in [0.25, 0.3) is 0 Å². The zero-order chi connectivity index (χ0) is 15.4. The number of methoxy groups -OCH3 is 2. The second kappa shape index (κ2) is 8.01. The van der Waals surface area contributed by atoms with Gasteiger partial charge in [-0.1, -0.05) is 28.1 Å². The second-order valence-electron chi connectivity index (χ2n) is 4.48. The molecule has 112 valence electrons. The van der Waals surface area contributed by atoms with Crippen LogP contribution in [0.25, 0.3) is 0 Å². The van der Waals surface area contributed by atoms with Crippen LogP contribution in [0, 0.1) is 7.14 Å². The first-order valence-corrected chi connectivity index (χ1v) is 9.61. The summed E-state index contributed by atoms with van der Waals surface area (Å²) in [5.41, 5.74) is 2.60. The molecular weight excluding hydrogens is 558 g/mol. The molecule has 2 rings (SSSR count). The van der Waals surface area contributed by atoms with Crippen LogP contribution in [0.3, 0.4) is 0 Å². The Balaban J connectivity index is 2.44. The Hall–Kier alpha value is -0.0200. The number of hydrogen-bond donors (Lipinski definition) is 0. The zero-order valence-electron chi connectivity index (χ0n) is 11.7. The first-order chi connectivity index (χ1) is 10.1. The molecule has 0 N–H and O–H groups in total. The quantitative estimate of drug-likeness (QED) is 0.351. The van der Waals surface area contributed by atoms with Crippen molar-refractivity contribution in [1.82, 2.24) is 0 Å². The topological polar surface area (TPSA) is 18.5 Å². The Kier molecular flexibility index (Phi) is 6.61. The summed E-state index contributed by atoms with van der Waals surface area (Å²) in [6.45, 7) is 0. The Morgan fingerprint density at radius 3 is 1.62 bits per heavy atom. The molecule has 0 amide bonds. The van der Waals surface area contributed by atoms with Crippen molar-refractivity contribution in [2.24, 2.45) is 0 Å². The average molecular weight is 573 g/mol. The molecule has 0 bridgehead atoms. The molecule has 2 aromatic carbocycles. The molecule has 21 heavy (non-hydrogen) atoms. The molecular formula is C16H15BrI2O2. The van der Waals surface area contributed by atoms with E-state index in [1.54, 1.807) is 14.2 Å². The van der Waals surface area contributed by atoms with Gasteiger partial charge in [-0.05, 0) is 80.6 Å². The van der Waals surface area contributed by atoms with Crippen molar-refractivity contribution in [2.75, 3.05) is 19.5 Å². The minimum Gasteiger partial charge on any atom is -0.497 e. The molecule has 0 fully saturated rings. The van der Waals surface area contributed by atoms with Crippen LogP contribution in [0.4, 0.5) is 0 Å². The van der Waals surface area contributed by atoms with Crippen molar-refractivity contribution in [1.29, 1.82) is 0 Å². The molecule has 0 spiro atoms. The van der Waals surface area contributed by atoms with E-state index in [4.69, 9.17) is 9.47 Å². The first kappa shape index (κ1) is 17.3. The summed E-state index contributed by atoms with van der Waals surface area (Å²) in [6, 6.07) is 12.5. The largest absolute Gasteiger partial charge is 0.497 e. The lowest BCUT2D eigenvalue weighted by molar-refractivity contribution is 0.414. The zero-order valence-corrected chi connectivity index (χ0v) is 17.6. The first-order valence-electron chi connectivity index (χ1n) is 6.33. The van der Waals surface area contributed by atoms with E-state index in [2.05, 4.69) is 85.4 Å². The van der Waals surface area contributed by atoms with E-state index in [9.17, 15) is 0 Å². The molecule has 2 aromatic rings. The Morgan fingerprint density at radius 1 is 0.905 bits per heavy atom. The van der Waals surface area contributed by atoms with Crippen LogP contribution in [0.5, 0.6) is 11.5 Å². The smallest absolute Gasteiger partial charge is 0.119 e. The van der Waals surface area contributed by atoms with Crippen molar-refractivity contribution < 1.29 is 9.47 Å². The summed E-state index contributed by atoms with van der Waals surface area (Å²) in [4.78, 5) is 0. The summed E-state index contributed by atoms with van der Waals surface area (Å²) in [6.07, 6.45) is 0. The van der Waals surface area contributed by atoms with E-state index >= 15 is 0 Å². The van der Waals surface area contributed by atoms with Gasteiger partial charge in [-0.25, -0.2) is 0 Å². The third-order valence-corrected chi connectivity index (χ3v) is 5.84. The van der Waals surface area contributed by atoms with Crippen LogP contribution < -0.4 is 9.47 Å². The van der Waals surface area contributed by atoms with Gasteiger partial charge in [-0.2, -0.15) is 0 Å². The monoisotopic (exact) mass is 572 g/mol. The highest BCUT2D eigenvalue weighted by Crippen LogP contribution is 2.35. The molecule has 0 heterocycles. The summed E-state index contributed by atoms with van der Waals surface area (Å²) in [7, 11) is 3.39. The van der Waals surface area contributed by atoms with Crippen LogP contribution in [0.1, 0.15) is 17.0 Å². The van der Waals surface area contributed by atoms with E-state index in [1.165, 1.54) is 18.3 Å².